The number of benzene rings is 3. The Bertz CT molecular complexity index is 1090. The molecule has 3 aromatic rings. The third-order valence-electron chi connectivity index (χ3n) is 5.66. The number of allylic oxidation sites excluding steroid dienone is 1. The third kappa shape index (κ3) is 8.01. The molecule has 0 spiro atoms. The maximum absolute atomic E-state index is 12.5. The molecule has 0 radical (unpaired) electrons. The van der Waals surface area contributed by atoms with E-state index in [1.165, 1.54) is 0 Å². The quantitative estimate of drug-likeness (QED) is 0.212. The lowest BCUT2D eigenvalue weighted by Crippen LogP contribution is -2.39. The van der Waals surface area contributed by atoms with E-state index in [0.717, 1.165) is 23.6 Å². The summed E-state index contributed by atoms with van der Waals surface area (Å²) in [7, 11) is 1.62. The summed E-state index contributed by atoms with van der Waals surface area (Å²) in [5.41, 5.74) is 1.50. The zero-order valence-corrected chi connectivity index (χ0v) is 21.2. The van der Waals surface area contributed by atoms with Crippen molar-refractivity contribution in [3.8, 4) is 23.0 Å². The summed E-state index contributed by atoms with van der Waals surface area (Å²) < 4.78 is 17.0. The van der Waals surface area contributed by atoms with E-state index in [-0.39, 0.29) is 5.78 Å². The van der Waals surface area contributed by atoms with Gasteiger partial charge in [-0.05, 0) is 100.0 Å². The van der Waals surface area contributed by atoms with Crippen LogP contribution in [0.25, 0.3) is 6.08 Å². The van der Waals surface area contributed by atoms with Crippen molar-refractivity contribution < 1.29 is 19.0 Å². The average Bonchev–Trinajstić information content (AvgIpc) is 2.86. The first-order valence-corrected chi connectivity index (χ1v) is 12.0. The molecule has 0 amide bonds. The van der Waals surface area contributed by atoms with Crippen LogP contribution in [0.4, 0.5) is 0 Å². The molecule has 0 aliphatic carbocycles. The zero-order valence-electron chi connectivity index (χ0n) is 21.2. The van der Waals surface area contributed by atoms with Crippen molar-refractivity contribution in [2.45, 2.75) is 39.8 Å². The molecule has 0 unspecified atom stereocenters. The molecule has 3 rings (SSSR count). The lowest BCUT2D eigenvalue weighted by Gasteiger charge is -2.30. The van der Waals surface area contributed by atoms with E-state index in [4.69, 9.17) is 14.2 Å². The molecule has 0 fully saturated rings. The highest BCUT2D eigenvalue weighted by molar-refractivity contribution is 6.06. The fraction of sp³-hybridized carbons (Fsp3) is 0.300. The molecule has 5 nitrogen and oxygen atoms in total. The minimum Gasteiger partial charge on any atom is -0.497 e. The van der Waals surface area contributed by atoms with E-state index in [2.05, 4.69) is 32.6 Å². The van der Waals surface area contributed by atoms with Gasteiger partial charge in [0.1, 0.15) is 29.6 Å². The molecule has 0 aliphatic heterocycles. The van der Waals surface area contributed by atoms with Gasteiger partial charge in [0.15, 0.2) is 5.78 Å². The minimum atomic E-state index is -0.0747. The van der Waals surface area contributed by atoms with Gasteiger partial charge in [-0.2, -0.15) is 0 Å². The third-order valence-corrected chi connectivity index (χ3v) is 5.66. The number of carbonyl (C=O) groups excluding carboxylic acids is 1. The summed E-state index contributed by atoms with van der Waals surface area (Å²) in [6.07, 6.45) is 3.34. The number of hydrogen-bond donors (Lipinski definition) is 0. The van der Waals surface area contributed by atoms with Gasteiger partial charge in [-0.15, -0.1) is 0 Å². The number of methoxy groups -OCH3 is 1. The summed E-state index contributed by atoms with van der Waals surface area (Å²) in [6, 6.07) is 23.2. The Morgan fingerprint density at radius 3 is 2.03 bits per heavy atom. The molecule has 0 aromatic heterocycles. The van der Waals surface area contributed by atoms with Gasteiger partial charge >= 0.3 is 0 Å². The molecule has 0 bridgehead atoms. The number of ketones is 1. The van der Waals surface area contributed by atoms with Gasteiger partial charge in [-0.3, -0.25) is 9.69 Å². The molecular weight excluding hydrogens is 438 g/mol. The van der Waals surface area contributed by atoms with Gasteiger partial charge in [-0.1, -0.05) is 18.2 Å². The highest BCUT2D eigenvalue weighted by Gasteiger charge is 2.13. The maximum Gasteiger partial charge on any atom is 0.185 e. The molecular formula is C30H35NO4. The van der Waals surface area contributed by atoms with Crippen LogP contribution in [0.3, 0.4) is 0 Å². The predicted molar refractivity (Wildman–Crippen MR) is 142 cm³/mol. The molecule has 35 heavy (non-hydrogen) atoms. The molecule has 3 aromatic carbocycles. The van der Waals surface area contributed by atoms with Crippen molar-refractivity contribution in [2.24, 2.45) is 0 Å². The molecule has 0 N–H and O–H groups in total. The van der Waals surface area contributed by atoms with Crippen LogP contribution in [0.1, 0.15) is 43.6 Å². The van der Waals surface area contributed by atoms with Crippen molar-refractivity contribution in [2.75, 3.05) is 20.3 Å². The minimum absolute atomic E-state index is 0.0747. The number of hydrogen-bond acceptors (Lipinski definition) is 5. The van der Waals surface area contributed by atoms with Crippen molar-refractivity contribution in [1.29, 1.82) is 0 Å². The van der Waals surface area contributed by atoms with Crippen LogP contribution in [0, 0.1) is 0 Å². The lowest BCUT2D eigenvalue weighted by atomic mass is 10.1. The number of ether oxygens (including phenoxy) is 3. The van der Waals surface area contributed by atoms with Crippen LogP contribution < -0.4 is 14.2 Å². The molecule has 0 saturated heterocycles. The van der Waals surface area contributed by atoms with Crippen LogP contribution in [0.2, 0.25) is 0 Å². The Balaban J connectivity index is 1.51. The predicted octanol–water partition coefficient (Wildman–Crippen LogP) is 6.88. The summed E-state index contributed by atoms with van der Waals surface area (Å²) in [5, 5.41) is 0. The van der Waals surface area contributed by atoms with E-state index < -0.39 is 0 Å². The highest BCUT2D eigenvalue weighted by Crippen LogP contribution is 2.24. The Morgan fingerprint density at radius 2 is 1.43 bits per heavy atom. The van der Waals surface area contributed by atoms with Crippen LogP contribution in [-0.4, -0.2) is 43.0 Å². The van der Waals surface area contributed by atoms with E-state index in [9.17, 15) is 4.79 Å². The Labute approximate surface area is 208 Å². The Kier molecular flexibility index (Phi) is 9.50. The van der Waals surface area contributed by atoms with Gasteiger partial charge in [0, 0.05) is 24.2 Å². The normalized spacial score (nSPS) is 11.4. The first-order chi connectivity index (χ1) is 16.9. The first kappa shape index (κ1) is 26.0. The summed E-state index contributed by atoms with van der Waals surface area (Å²) >= 11 is 0. The van der Waals surface area contributed by atoms with E-state index >= 15 is 0 Å². The molecule has 5 heteroatoms. The van der Waals surface area contributed by atoms with Crippen molar-refractivity contribution in [3.05, 3.63) is 90.0 Å². The van der Waals surface area contributed by atoms with Gasteiger partial charge in [0.25, 0.3) is 0 Å². The van der Waals surface area contributed by atoms with E-state index in [0.29, 0.717) is 35.8 Å². The Morgan fingerprint density at radius 1 is 0.829 bits per heavy atom. The second-order valence-electron chi connectivity index (χ2n) is 8.85. The van der Waals surface area contributed by atoms with Crippen LogP contribution in [0.5, 0.6) is 23.0 Å². The monoisotopic (exact) mass is 473 g/mol. The standard InChI is InChI=1S/C30H35NO4/c1-22(2)31(23(3)4)19-20-34-26-14-16-28(17-15-26)35-27-12-10-25(11-13-27)30(32)18-9-24-7-6-8-29(21-24)33-5/h6-18,21-23H,19-20H2,1-5H3/b18-9+. The second-order valence-corrected chi connectivity index (χ2v) is 8.85. The Hall–Kier alpha value is -3.57. The molecule has 0 atom stereocenters. The summed E-state index contributed by atoms with van der Waals surface area (Å²) in [4.78, 5) is 14.9. The molecule has 0 saturated carbocycles. The summed E-state index contributed by atoms with van der Waals surface area (Å²) in [6.45, 7) is 10.3. The van der Waals surface area contributed by atoms with Crippen molar-refractivity contribution in [1.82, 2.24) is 4.90 Å². The van der Waals surface area contributed by atoms with Crippen LogP contribution in [-0.2, 0) is 0 Å². The first-order valence-electron chi connectivity index (χ1n) is 12.0. The van der Waals surface area contributed by atoms with Gasteiger partial charge in [-0.25, -0.2) is 0 Å². The van der Waals surface area contributed by atoms with E-state index in [1.807, 2.05) is 48.5 Å². The number of carbonyl (C=O) groups is 1. The average molecular weight is 474 g/mol. The van der Waals surface area contributed by atoms with E-state index in [1.54, 1.807) is 43.5 Å². The topological polar surface area (TPSA) is 48.0 Å². The van der Waals surface area contributed by atoms with Gasteiger partial charge in [0.2, 0.25) is 0 Å². The fourth-order valence-electron chi connectivity index (χ4n) is 3.82. The molecule has 0 heterocycles. The van der Waals surface area contributed by atoms with Crippen molar-refractivity contribution in [3.63, 3.8) is 0 Å². The van der Waals surface area contributed by atoms with Crippen molar-refractivity contribution >= 4 is 11.9 Å². The molecule has 0 aliphatic rings. The highest BCUT2D eigenvalue weighted by atomic mass is 16.5. The maximum atomic E-state index is 12.5. The van der Waals surface area contributed by atoms with Crippen LogP contribution in [0.15, 0.2) is 78.9 Å². The SMILES string of the molecule is COc1cccc(/C=C/C(=O)c2ccc(Oc3ccc(OCCN(C(C)C)C(C)C)cc3)cc2)c1. The smallest absolute Gasteiger partial charge is 0.185 e. The number of rotatable bonds is 12. The van der Waals surface area contributed by atoms with Gasteiger partial charge in [0.05, 0.1) is 7.11 Å². The number of nitrogens with zero attached hydrogens (tertiary/aromatic N) is 1. The zero-order chi connectivity index (χ0) is 25.2. The van der Waals surface area contributed by atoms with Crippen LogP contribution >= 0.6 is 0 Å². The van der Waals surface area contributed by atoms with Gasteiger partial charge < -0.3 is 14.2 Å². The largest absolute Gasteiger partial charge is 0.497 e. The molecule has 184 valence electrons. The fourth-order valence-corrected chi connectivity index (χ4v) is 3.82. The lowest BCUT2D eigenvalue weighted by molar-refractivity contribution is 0.104. The summed E-state index contributed by atoms with van der Waals surface area (Å²) in [5.74, 6) is 2.87. The second kappa shape index (κ2) is 12.8.